The first-order valence-electron chi connectivity index (χ1n) is 4.65. The second-order valence-corrected chi connectivity index (χ2v) is 4.39. The molecule has 1 unspecified atom stereocenters. The topological polar surface area (TPSA) is 9.23 Å². The molecule has 1 heteroatoms. The maximum Gasteiger partial charge on any atom is 0.0496 e. The van der Waals surface area contributed by atoms with E-state index in [1.54, 1.807) is 0 Å². The van der Waals surface area contributed by atoms with Crippen molar-refractivity contribution in [3.05, 3.63) is 0 Å². The Labute approximate surface area is 70.1 Å². The predicted octanol–water partition coefficient (Wildman–Crippen LogP) is 2.71. The molecule has 66 valence electrons. The maximum absolute atomic E-state index is 5.43. The van der Waals surface area contributed by atoms with Crippen LogP contribution in [0.2, 0.25) is 0 Å². The van der Waals surface area contributed by atoms with Crippen LogP contribution in [0.15, 0.2) is 0 Å². The van der Waals surface area contributed by atoms with E-state index in [-0.39, 0.29) is 0 Å². The van der Waals surface area contributed by atoms with Crippen LogP contribution in [0.1, 0.15) is 34.1 Å². The Balaban J connectivity index is 2.64. The number of rotatable bonds is 1. The van der Waals surface area contributed by atoms with Gasteiger partial charge in [0.2, 0.25) is 0 Å². The first-order valence-corrected chi connectivity index (χ1v) is 4.65. The largest absolute Gasteiger partial charge is 0.381 e. The predicted molar refractivity (Wildman–Crippen MR) is 47.5 cm³/mol. The zero-order valence-electron chi connectivity index (χ0n) is 8.18. The summed E-state index contributed by atoms with van der Waals surface area (Å²) in [4.78, 5) is 0. The van der Waals surface area contributed by atoms with Gasteiger partial charge in [-0.1, -0.05) is 27.7 Å². The third-order valence-electron chi connectivity index (χ3n) is 3.60. The molecule has 1 rings (SSSR count). The normalized spacial score (nSPS) is 39.5. The summed E-state index contributed by atoms with van der Waals surface area (Å²) in [5, 5.41) is 0. The van der Waals surface area contributed by atoms with Gasteiger partial charge in [-0.15, -0.1) is 0 Å². The van der Waals surface area contributed by atoms with Gasteiger partial charge >= 0.3 is 0 Å². The quantitative estimate of drug-likeness (QED) is 0.567. The number of hydrogen-bond donors (Lipinski definition) is 0. The third kappa shape index (κ3) is 1.58. The Morgan fingerprint density at radius 2 is 2.09 bits per heavy atom. The van der Waals surface area contributed by atoms with Crippen LogP contribution in [0.5, 0.6) is 0 Å². The molecule has 0 radical (unpaired) electrons. The van der Waals surface area contributed by atoms with Gasteiger partial charge in [-0.25, -0.2) is 0 Å². The Morgan fingerprint density at radius 3 is 2.45 bits per heavy atom. The van der Waals surface area contributed by atoms with Crippen molar-refractivity contribution in [3.8, 4) is 0 Å². The SMILES string of the molecule is CC(C)[C@]1(C)CCOCC1C. The molecular weight excluding hydrogens is 136 g/mol. The van der Waals surface area contributed by atoms with Crippen LogP contribution >= 0.6 is 0 Å². The molecule has 1 saturated heterocycles. The van der Waals surface area contributed by atoms with Gasteiger partial charge in [-0.05, 0) is 23.7 Å². The van der Waals surface area contributed by atoms with Crippen LogP contribution < -0.4 is 0 Å². The van der Waals surface area contributed by atoms with Gasteiger partial charge in [0.05, 0.1) is 0 Å². The van der Waals surface area contributed by atoms with Gasteiger partial charge in [0, 0.05) is 13.2 Å². The van der Waals surface area contributed by atoms with Crippen molar-refractivity contribution in [1.82, 2.24) is 0 Å². The molecule has 0 spiro atoms. The summed E-state index contributed by atoms with van der Waals surface area (Å²) in [6, 6.07) is 0. The summed E-state index contributed by atoms with van der Waals surface area (Å²) in [6.45, 7) is 11.3. The standard InChI is InChI=1S/C10H20O/c1-8(2)10(4)5-6-11-7-9(10)3/h8-9H,5-7H2,1-4H3/t9?,10-/m0/s1. The minimum Gasteiger partial charge on any atom is -0.381 e. The van der Waals surface area contributed by atoms with E-state index in [4.69, 9.17) is 4.74 Å². The molecule has 0 aromatic carbocycles. The molecule has 0 aromatic heterocycles. The van der Waals surface area contributed by atoms with Crippen molar-refractivity contribution in [3.63, 3.8) is 0 Å². The van der Waals surface area contributed by atoms with Crippen LogP contribution in [0, 0.1) is 17.3 Å². The molecule has 0 aliphatic carbocycles. The van der Waals surface area contributed by atoms with E-state index in [2.05, 4.69) is 27.7 Å². The Morgan fingerprint density at radius 1 is 1.45 bits per heavy atom. The fourth-order valence-corrected chi connectivity index (χ4v) is 1.85. The lowest BCUT2D eigenvalue weighted by Gasteiger charge is -2.42. The first-order chi connectivity index (χ1) is 5.07. The molecule has 1 aliphatic rings. The highest BCUT2D eigenvalue weighted by Crippen LogP contribution is 2.41. The Hall–Kier alpha value is -0.0400. The molecule has 1 nitrogen and oxygen atoms in total. The molecule has 0 bridgehead atoms. The summed E-state index contributed by atoms with van der Waals surface area (Å²) < 4.78 is 5.43. The fourth-order valence-electron chi connectivity index (χ4n) is 1.85. The van der Waals surface area contributed by atoms with Crippen LogP contribution in [-0.2, 0) is 4.74 Å². The van der Waals surface area contributed by atoms with E-state index < -0.39 is 0 Å². The first kappa shape index (κ1) is 9.05. The van der Waals surface area contributed by atoms with E-state index in [0.29, 0.717) is 5.41 Å². The van der Waals surface area contributed by atoms with Crippen molar-refractivity contribution in [1.29, 1.82) is 0 Å². The highest BCUT2D eigenvalue weighted by Gasteiger charge is 2.36. The summed E-state index contributed by atoms with van der Waals surface area (Å²) in [5.41, 5.74) is 0.512. The molecular formula is C10H20O. The maximum atomic E-state index is 5.43. The average Bonchev–Trinajstić information content (AvgIpc) is 1.95. The van der Waals surface area contributed by atoms with Gasteiger partial charge in [-0.3, -0.25) is 0 Å². The van der Waals surface area contributed by atoms with E-state index >= 15 is 0 Å². The smallest absolute Gasteiger partial charge is 0.0496 e. The zero-order chi connectivity index (χ0) is 8.48. The van der Waals surface area contributed by atoms with Crippen molar-refractivity contribution < 1.29 is 4.74 Å². The lowest BCUT2D eigenvalue weighted by Crippen LogP contribution is -2.39. The van der Waals surface area contributed by atoms with Crippen molar-refractivity contribution in [2.75, 3.05) is 13.2 Å². The highest BCUT2D eigenvalue weighted by molar-refractivity contribution is 4.85. The lowest BCUT2D eigenvalue weighted by atomic mass is 9.67. The number of ether oxygens (including phenoxy) is 1. The Kier molecular flexibility index (Phi) is 2.58. The molecule has 2 atom stereocenters. The third-order valence-corrected chi connectivity index (χ3v) is 3.60. The van der Waals surface area contributed by atoms with E-state index in [0.717, 1.165) is 25.0 Å². The van der Waals surface area contributed by atoms with Gasteiger partial charge in [0.15, 0.2) is 0 Å². The molecule has 0 amide bonds. The van der Waals surface area contributed by atoms with Gasteiger partial charge in [-0.2, -0.15) is 0 Å². The van der Waals surface area contributed by atoms with E-state index in [9.17, 15) is 0 Å². The monoisotopic (exact) mass is 156 g/mol. The second kappa shape index (κ2) is 3.14. The van der Waals surface area contributed by atoms with Gasteiger partial charge in [0.25, 0.3) is 0 Å². The molecule has 11 heavy (non-hydrogen) atoms. The minimum atomic E-state index is 0.512. The lowest BCUT2D eigenvalue weighted by molar-refractivity contribution is -0.0481. The van der Waals surface area contributed by atoms with Crippen LogP contribution in [0.25, 0.3) is 0 Å². The molecule has 1 aliphatic heterocycles. The van der Waals surface area contributed by atoms with Crippen LogP contribution in [0.4, 0.5) is 0 Å². The van der Waals surface area contributed by atoms with Gasteiger partial charge in [0.1, 0.15) is 0 Å². The van der Waals surface area contributed by atoms with Crippen LogP contribution in [0.3, 0.4) is 0 Å². The summed E-state index contributed by atoms with van der Waals surface area (Å²) in [7, 11) is 0. The number of hydrogen-bond acceptors (Lipinski definition) is 1. The van der Waals surface area contributed by atoms with Gasteiger partial charge < -0.3 is 4.74 Å². The Bertz CT molecular complexity index is 131. The summed E-state index contributed by atoms with van der Waals surface area (Å²) in [6.07, 6.45) is 1.23. The molecule has 1 fully saturated rings. The van der Waals surface area contributed by atoms with E-state index in [1.165, 1.54) is 6.42 Å². The minimum absolute atomic E-state index is 0.512. The molecule has 0 N–H and O–H groups in total. The van der Waals surface area contributed by atoms with E-state index in [1.807, 2.05) is 0 Å². The fraction of sp³-hybridized carbons (Fsp3) is 1.00. The van der Waals surface area contributed by atoms with Crippen LogP contribution in [-0.4, -0.2) is 13.2 Å². The van der Waals surface area contributed by atoms with Crippen molar-refractivity contribution >= 4 is 0 Å². The van der Waals surface area contributed by atoms with Crippen molar-refractivity contribution in [2.24, 2.45) is 17.3 Å². The summed E-state index contributed by atoms with van der Waals surface area (Å²) in [5.74, 6) is 1.50. The van der Waals surface area contributed by atoms with Crippen molar-refractivity contribution in [2.45, 2.75) is 34.1 Å². The second-order valence-electron chi connectivity index (χ2n) is 4.39. The molecule has 1 heterocycles. The molecule has 0 aromatic rings. The summed E-state index contributed by atoms with van der Waals surface area (Å²) >= 11 is 0. The zero-order valence-corrected chi connectivity index (χ0v) is 8.18. The average molecular weight is 156 g/mol. The molecule has 0 saturated carbocycles. The highest BCUT2D eigenvalue weighted by atomic mass is 16.5.